The molecule has 7 heteroatoms. The van der Waals surface area contributed by atoms with Crippen LogP contribution in [0.4, 0.5) is 5.69 Å². The molecule has 6 nitrogen and oxygen atoms in total. The number of nitrogens with zero attached hydrogens (tertiary/aromatic N) is 1. The van der Waals surface area contributed by atoms with Crippen molar-refractivity contribution < 1.29 is 17.9 Å². The molecule has 1 N–H and O–H groups in total. The van der Waals surface area contributed by atoms with Gasteiger partial charge in [-0.25, -0.2) is 8.42 Å². The van der Waals surface area contributed by atoms with Gasteiger partial charge in [-0.2, -0.15) is 0 Å². The zero-order valence-corrected chi connectivity index (χ0v) is 22.0. The molecule has 0 saturated heterocycles. The second-order valence-corrected chi connectivity index (χ2v) is 11.5. The number of ether oxygens (including phenoxy) is 1. The Morgan fingerprint density at radius 1 is 1.00 bits per heavy atom. The number of sulfonamides is 1. The van der Waals surface area contributed by atoms with Crippen LogP contribution in [0.3, 0.4) is 0 Å². The minimum atomic E-state index is -4.03. The first-order valence-electron chi connectivity index (χ1n) is 11.6. The topological polar surface area (TPSA) is 75.7 Å². The van der Waals surface area contributed by atoms with Gasteiger partial charge in [0, 0.05) is 0 Å². The second kappa shape index (κ2) is 10.5. The molecule has 0 aromatic heterocycles. The smallest absolute Gasteiger partial charge is 0.264 e. The van der Waals surface area contributed by atoms with E-state index in [2.05, 4.69) is 38.2 Å². The number of carbonyl (C=O) groups excluding carboxylic acids is 1. The Labute approximate surface area is 209 Å². The van der Waals surface area contributed by atoms with E-state index in [1.54, 1.807) is 30.3 Å². The molecule has 0 saturated carbocycles. The van der Waals surface area contributed by atoms with Crippen molar-refractivity contribution in [1.82, 2.24) is 5.32 Å². The highest BCUT2D eigenvalue weighted by Gasteiger charge is 2.30. The van der Waals surface area contributed by atoms with Gasteiger partial charge >= 0.3 is 0 Å². The molecule has 0 heterocycles. The molecule has 0 aliphatic carbocycles. The molecule has 0 bridgehead atoms. The number of methoxy groups -OCH3 is 1. The zero-order valence-electron chi connectivity index (χ0n) is 21.2. The summed E-state index contributed by atoms with van der Waals surface area (Å²) >= 11 is 0. The lowest BCUT2D eigenvalue weighted by Crippen LogP contribution is -2.41. The normalized spacial score (nSPS) is 12.6. The zero-order chi connectivity index (χ0) is 25.8. The lowest BCUT2D eigenvalue weighted by atomic mass is 9.86. The third kappa shape index (κ3) is 6.22. The standard InChI is InChI=1S/C28H34N2O4S/c1-20-12-17-26(34-6)25(18-20)30(35(32,33)24-10-8-7-9-11-24)19-27(31)29-21(2)22-13-15-23(16-14-22)28(3,4)5/h7-18,21H,19H2,1-6H3,(H,29,31)/t21-/m1/s1. The van der Waals surface area contributed by atoms with E-state index in [9.17, 15) is 13.2 Å². The van der Waals surface area contributed by atoms with Crippen LogP contribution in [0.25, 0.3) is 0 Å². The maximum Gasteiger partial charge on any atom is 0.264 e. The van der Waals surface area contributed by atoms with E-state index in [-0.39, 0.29) is 22.9 Å². The van der Waals surface area contributed by atoms with Gasteiger partial charge in [0.1, 0.15) is 12.3 Å². The second-order valence-electron chi connectivity index (χ2n) is 9.66. The maximum atomic E-state index is 13.6. The predicted octanol–water partition coefficient (Wildman–Crippen LogP) is 5.37. The van der Waals surface area contributed by atoms with Crippen LogP contribution in [0.15, 0.2) is 77.7 Å². The van der Waals surface area contributed by atoms with Crippen molar-refractivity contribution in [2.75, 3.05) is 18.0 Å². The first kappa shape index (κ1) is 26.3. The summed E-state index contributed by atoms with van der Waals surface area (Å²) in [7, 11) is -2.55. The van der Waals surface area contributed by atoms with Crippen molar-refractivity contribution >= 4 is 21.6 Å². The minimum Gasteiger partial charge on any atom is -0.495 e. The molecule has 1 atom stereocenters. The Bertz CT molecular complexity index is 1260. The largest absolute Gasteiger partial charge is 0.495 e. The van der Waals surface area contributed by atoms with Gasteiger partial charge in [0.15, 0.2) is 0 Å². The van der Waals surface area contributed by atoms with Crippen molar-refractivity contribution in [3.05, 3.63) is 89.5 Å². The van der Waals surface area contributed by atoms with Crippen LogP contribution < -0.4 is 14.4 Å². The summed E-state index contributed by atoms with van der Waals surface area (Å²) < 4.78 is 33.8. The molecule has 0 fully saturated rings. The number of hydrogen-bond acceptors (Lipinski definition) is 4. The number of amides is 1. The predicted molar refractivity (Wildman–Crippen MR) is 140 cm³/mol. The van der Waals surface area contributed by atoms with Crippen molar-refractivity contribution in [2.24, 2.45) is 0 Å². The number of aryl methyl sites for hydroxylation is 1. The van der Waals surface area contributed by atoms with Crippen molar-refractivity contribution in [2.45, 2.75) is 51.0 Å². The number of benzene rings is 3. The van der Waals surface area contributed by atoms with Crippen molar-refractivity contribution in [3.63, 3.8) is 0 Å². The monoisotopic (exact) mass is 494 g/mol. The number of anilines is 1. The van der Waals surface area contributed by atoms with Gasteiger partial charge in [0.25, 0.3) is 10.0 Å². The van der Waals surface area contributed by atoms with Gasteiger partial charge in [-0.3, -0.25) is 9.10 Å². The van der Waals surface area contributed by atoms with E-state index in [0.717, 1.165) is 15.4 Å². The summed E-state index contributed by atoms with van der Waals surface area (Å²) in [5, 5.41) is 2.94. The van der Waals surface area contributed by atoms with E-state index in [4.69, 9.17) is 4.74 Å². The van der Waals surface area contributed by atoms with Crippen LogP contribution in [-0.2, 0) is 20.2 Å². The van der Waals surface area contributed by atoms with Gasteiger partial charge in [0.05, 0.1) is 23.7 Å². The van der Waals surface area contributed by atoms with Gasteiger partial charge < -0.3 is 10.1 Å². The van der Waals surface area contributed by atoms with E-state index in [0.29, 0.717) is 11.4 Å². The molecule has 3 aromatic rings. The van der Waals surface area contributed by atoms with Crippen LogP contribution in [0.2, 0.25) is 0 Å². The molecule has 186 valence electrons. The van der Waals surface area contributed by atoms with Crippen LogP contribution in [0, 0.1) is 6.92 Å². The number of hydrogen-bond donors (Lipinski definition) is 1. The average molecular weight is 495 g/mol. The molecule has 1 amide bonds. The van der Waals surface area contributed by atoms with E-state index in [1.807, 2.05) is 32.0 Å². The summed E-state index contributed by atoms with van der Waals surface area (Å²) in [6.07, 6.45) is 0. The molecular weight excluding hydrogens is 460 g/mol. The summed E-state index contributed by atoms with van der Waals surface area (Å²) in [4.78, 5) is 13.2. The summed E-state index contributed by atoms with van der Waals surface area (Å²) in [5.74, 6) is -0.0470. The Kier molecular flexibility index (Phi) is 7.90. The molecule has 3 rings (SSSR count). The third-order valence-corrected chi connectivity index (χ3v) is 7.65. The van der Waals surface area contributed by atoms with Crippen LogP contribution in [0.5, 0.6) is 5.75 Å². The molecular formula is C28H34N2O4S. The quantitative estimate of drug-likeness (QED) is 0.457. The summed E-state index contributed by atoms with van der Waals surface area (Å²) in [6.45, 7) is 9.80. The highest BCUT2D eigenvalue weighted by molar-refractivity contribution is 7.92. The van der Waals surface area contributed by atoms with Crippen molar-refractivity contribution in [3.8, 4) is 5.75 Å². The average Bonchev–Trinajstić information content (AvgIpc) is 2.82. The molecule has 35 heavy (non-hydrogen) atoms. The fourth-order valence-corrected chi connectivity index (χ4v) is 5.23. The van der Waals surface area contributed by atoms with Crippen molar-refractivity contribution in [1.29, 1.82) is 0 Å². The van der Waals surface area contributed by atoms with Crippen LogP contribution in [-0.4, -0.2) is 28.0 Å². The summed E-state index contributed by atoms with van der Waals surface area (Å²) in [5.41, 5.74) is 3.34. The Hall–Kier alpha value is -3.32. The highest BCUT2D eigenvalue weighted by atomic mass is 32.2. The maximum absolute atomic E-state index is 13.6. The molecule has 0 radical (unpaired) electrons. The van der Waals surface area contributed by atoms with Gasteiger partial charge in [-0.15, -0.1) is 0 Å². The van der Waals surface area contributed by atoms with Crippen LogP contribution >= 0.6 is 0 Å². The van der Waals surface area contributed by atoms with E-state index >= 15 is 0 Å². The molecule has 0 unspecified atom stereocenters. The highest BCUT2D eigenvalue weighted by Crippen LogP contribution is 2.33. The SMILES string of the molecule is COc1ccc(C)cc1N(CC(=O)N[C@H](C)c1ccc(C(C)(C)C)cc1)S(=O)(=O)c1ccccc1. The van der Waals surface area contributed by atoms with Gasteiger partial charge in [-0.05, 0) is 60.2 Å². The van der Waals surface area contributed by atoms with Gasteiger partial charge in [-0.1, -0.05) is 69.3 Å². The Morgan fingerprint density at radius 2 is 1.63 bits per heavy atom. The van der Waals surface area contributed by atoms with Crippen LogP contribution in [0.1, 0.15) is 50.4 Å². The third-order valence-electron chi connectivity index (χ3n) is 5.88. The first-order valence-corrected chi connectivity index (χ1v) is 13.0. The molecule has 0 aliphatic heterocycles. The molecule has 0 spiro atoms. The molecule has 0 aliphatic rings. The Morgan fingerprint density at radius 3 is 2.20 bits per heavy atom. The fourth-order valence-electron chi connectivity index (χ4n) is 3.79. The fraction of sp³-hybridized carbons (Fsp3) is 0.321. The lowest BCUT2D eigenvalue weighted by Gasteiger charge is -2.27. The Balaban J connectivity index is 1.91. The van der Waals surface area contributed by atoms with E-state index in [1.165, 1.54) is 24.8 Å². The first-order chi connectivity index (χ1) is 16.4. The minimum absolute atomic E-state index is 0.0319. The number of carbonyl (C=O) groups is 1. The summed E-state index contributed by atoms with van der Waals surface area (Å²) in [6, 6.07) is 21.1. The molecule has 3 aromatic carbocycles. The number of rotatable bonds is 8. The van der Waals surface area contributed by atoms with E-state index < -0.39 is 15.9 Å². The lowest BCUT2D eigenvalue weighted by molar-refractivity contribution is -0.120. The van der Waals surface area contributed by atoms with Gasteiger partial charge in [0.2, 0.25) is 5.91 Å². The number of nitrogens with one attached hydrogen (secondary N) is 1.